The molecule has 2 aliphatic rings. The molecule has 2 saturated heterocycles. The summed E-state index contributed by atoms with van der Waals surface area (Å²) < 4.78 is 22.8. The SMILES string of the molecule is CC/C=C\C/C=C\C/C=C\C/C=C\C/C=C\C/C=C\C/C=C\CCCCCCCCCCCCCC(=O)NC(COC1OC(CO)C(OC2OC(CO)C(O)C(O)C2O)C(O)C1O)C(O)/C=C/CC/C=C/CCCCCCCCCCC. The second-order valence-corrected chi connectivity index (χ2v) is 22.1. The Morgan fingerprint density at radius 3 is 1.34 bits per heavy atom. The summed E-state index contributed by atoms with van der Waals surface area (Å²) in [7, 11) is 0. The summed E-state index contributed by atoms with van der Waals surface area (Å²) in [4.78, 5) is 13.3. The van der Waals surface area contributed by atoms with Crippen LogP contribution in [-0.2, 0) is 23.7 Å². The highest BCUT2D eigenvalue weighted by Crippen LogP contribution is 2.30. The Balaban J connectivity index is 1.68. The van der Waals surface area contributed by atoms with Crippen LogP contribution in [0.25, 0.3) is 0 Å². The van der Waals surface area contributed by atoms with Crippen LogP contribution < -0.4 is 5.32 Å². The van der Waals surface area contributed by atoms with Crippen molar-refractivity contribution in [2.45, 2.75) is 293 Å². The van der Waals surface area contributed by atoms with Gasteiger partial charge >= 0.3 is 0 Å². The Morgan fingerprint density at radius 1 is 0.451 bits per heavy atom. The average molecular weight is 1150 g/mol. The van der Waals surface area contributed by atoms with Gasteiger partial charge in [0.1, 0.15) is 48.8 Å². The first-order valence-electron chi connectivity index (χ1n) is 32.1. The number of ether oxygens (including phenoxy) is 4. The number of carbonyl (C=O) groups excluding carboxylic acids is 1. The molecule has 14 heteroatoms. The first-order valence-corrected chi connectivity index (χ1v) is 32.1. The smallest absolute Gasteiger partial charge is 0.220 e. The molecule has 2 aliphatic heterocycles. The Kier molecular flexibility index (Phi) is 47.4. The molecule has 12 atom stereocenters. The molecule has 0 radical (unpaired) electrons. The van der Waals surface area contributed by atoms with Crippen LogP contribution in [0.1, 0.15) is 219 Å². The molecule has 0 aromatic rings. The van der Waals surface area contributed by atoms with Gasteiger partial charge in [0.05, 0.1) is 32.0 Å². The number of aliphatic hydroxyl groups is 8. The van der Waals surface area contributed by atoms with Gasteiger partial charge in [-0.05, 0) is 89.9 Å². The normalized spacial score (nSPS) is 24.7. The number of allylic oxidation sites excluding steroid dienone is 17. The monoisotopic (exact) mass is 1150 g/mol. The lowest BCUT2D eigenvalue weighted by molar-refractivity contribution is -0.359. The molecule has 0 aliphatic carbocycles. The largest absolute Gasteiger partial charge is 0.394 e. The number of carbonyl (C=O) groups is 1. The molecule has 2 fully saturated rings. The molecular formula is C68H115NO13. The molecule has 2 heterocycles. The summed E-state index contributed by atoms with van der Waals surface area (Å²) >= 11 is 0. The Hall–Kier alpha value is -3.35. The molecule has 14 nitrogen and oxygen atoms in total. The lowest BCUT2D eigenvalue weighted by Crippen LogP contribution is -2.65. The Labute approximate surface area is 495 Å². The predicted octanol–water partition coefficient (Wildman–Crippen LogP) is 12.0. The second kappa shape index (κ2) is 52.0. The summed E-state index contributed by atoms with van der Waals surface area (Å²) in [5, 5.41) is 87.1. The fraction of sp³-hybridized carbons (Fsp3) is 0.721. The standard InChI is InChI=1S/C68H115NO13/c1-3-5-7-9-11-13-15-17-19-20-21-22-23-24-25-26-27-28-29-30-31-32-33-34-35-36-38-40-42-44-46-48-50-52-60(73)69-56(57(72)51-49-47-45-43-41-39-37-18-16-14-12-10-8-6-4-2)55-79-67-65(78)63(76)66(59(54-71)81-67)82-68-64(77)62(75)61(74)58(53-70)80-68/h5,7,11,13,17,19,21-22,24-25,27-28,30-31,41,43,49,51,56-59,61-68,70-72,74-78H,3-4,6,8-10,12,14-16,18,20,23,26,29,32-40,42,44-48,50,52-55H2,1-2H3,(H,69,73)/b7-5-,13-11-,19-17-,22-21-,25-24-,28-27-,31-30-,43-41+,51-49+. The molecule has 12 unspecified atom stereocenters. The van der Waals surface area contributed by atoms with Gasteiger partial charge in [0.25, 0.3) is 0 Å². The third kappa shape index (κ3) is 36.5. The van der Waals surface area contributed by atoms with Crippen molar-refractivity contribution in [2.75, 3.05) is 19.8 Å². The lowest BCUT2D eigenvalue weighted by Gasteiger charge is -2.46. The molecule has 1 amide bonds. The van der Waals surface area contributed by atoms with Crippen LogP contribution in [0.15, 0.2) is 109 Å². The minimum Gasteiger partial charge on any atom is -0.394 e. The van der Waals surface area contributed by atoms with E-state index in [9.17, 15) is 45.6 Å². The van der Waals surface area contributed by atoms with E-state index in [4.69, 9.17) is 18.9 Å². The van der Waals surface area contributed by atoms with Gasteiger partial charge in [-0.25, -0.2) is 0 Å². The van der Waals surface area contributed by atoms with Crippen molar-refractivity contribution in [3.05, 3.63) is 109 Å². The summed E-state index contributed by atoms with van der Waals surface area (Å²) in [6.07, 6.45) is 57.0. The fourth-order valence-corrected chi connectivity index (χ4v) is 9.82. The van der Waals surface area contributed by atoms with E-state index in [0.717, 1.165) is 83.5 Å². The van der Waals surface area contributed by atoms with E-state index < -0.39 is 86.8 Å². The van der Waals surface area contributed by atoms with Crippen LogP contribution in [0.4, 0.5) is 0 Å². The van der Waals surface area contributed by atoms with Crippen LogP contribution >= 0.6 is 0 Å². The minimum atomic E-state index is -1.80. The zero-order valence-corrected chi connectivity index (χ0v) is 50.7. The van der Waals surface area contributed by atoms with Gasteiger partial charge in [0, 0.05) is 6.42 Å². The fourth-order valence-electron chi connectivity index (χ4n) is 9.82. The Morgan fingerprint density at radius 2 is 0.854 bits per heavy atom. The zero-order chi connectivity index (χ0) is 59.5. The van der Waals surface area contributed by atoms with Crippen molar-refractivity contribution in [2.24, 2.45) is 0 Å². The molecular weight excluding hydrogens is 1040 g/mol. The van der Waals surface area contributed by atoms with E-state index in [1.807, 2.05) is 6.08 Å². The second-order valence-electron chi connectivity index (χ2n) is 22.1. The minimum absolute atomic E-state index is 0.257. The van der Waals surface area contributed by atoms with Crippen molar-refractivity contribution in [1.82, 2.24) is 5.32 Å². The highest BCUT2D eigenvalue weighted by molar-refractivity contribution is 5.76. The van der Waals surface area contributed by atoms with E-state index in [2.05, 4.69) is 116 Å². The summed E-state index contributed by atoms with van der Waals surface area (Å²) in [5.74, 6) is -0.257. The molecule has 82 heavy (non-hydrogen) atoms. The third-order valence-corrected chi connectivity index (χ3v) is 14.9. The molecule has 0 saturated carbocycles. The maximum absolute atomic E-state index is 13.3. The average Bonchev–Trinajstić information content (AvgIpc) is 3.60. The van der Waals surface area contributed by atoms with E-state index in [1.165, 1.54) is 103 Å². The third-order valence-electron chi connectivity index (χ3n) is 14.9. The van der Waals surface area contributed by atoms with Crippen LogP contribution in [0, 0.1) is 0 Å². The highest BCUT2D eigenvalue weighted by atomic mass is 16.7. The molecule has 0 bridgehead atoms. The van der Waals surface area contributed by atoms with Crippen molar-refractivity contribution >= 4 is 5.91 Å². The molecule has 470 valence electrons. The summed E-state index contributed by atoms with van der Waals surface area (Å²) in [6.45, 7) is 2.65. The van der Waals surface area contributed by atoms with Crippen LogP contribution in [-0.4, -0.2) is 140 Å². The number of aliphatic hydroxyl groups excluding tert-OH is 8. The maximum atomic E-state index is 13.3. The van der Waals surface area contributed by atoms with Gasteiger partial charge in [-0.2, -0.15) is 0 Å². The van der Waals surface area contributed by atoms with Crippen LogP contribution in [0.5, 0.6) is 0 Å². The van der Waals surface area contributed by atoms with Gasteiger partial charge in [-0.3, -0.25) is 4.79 Å². The number of unbranched alkanes of at least 4 members (excludes halogenated alkanes) is 21. The molecule has 9 N–H and O–H groups in total. The Bertz CT molecular complexity index is 1790. The van der Waals surface area contributed by atoms with Gasteiger partial charge in [-0.1, -0.05) is 232 Å². The predicted molar refractivity (Wildman–Crippen MR) is 332 cm³/mol. The first-order chi connectivity index (χ1) is 40.1. The van der Waals surface area contributed by atoms with E-state index in [-0.39, 0.29) is 18.9 Å². The highest BCUT2D eigenvalue weighted by Gasteiger charge is 2.51. The number of nitrogens with one attached hydrogen (secondary N) is 1. The number of hydrogen-bond acceptors (Lipinski definition) is 13. The van der Waals surface area contributed by atoms with Crippen molar-refractivity contribution in [3.63, 3.8) is 0 Å². The van der Waals surface area contributed by atoms with Gasteiger partial charge in [-0.15, -0.1) is 0 Å². The molecule has 0 aromatic heterocycles. The van der Waals surface area contributed by atoms with E-state index in [1.54, 1.807) is 6.08 Å². The molecule has 0 aromatic carbocycles. The first kappa shape index (κ1) is 74.7. The molecule has 2 rings (SSSR count). The summed E-state index contributed by atoms with van der Waals surface area (Å²) in [5.41, 5.74) is 0. The quantitative estimate of drug-likeness (QED) is 0.0204. The van der Waals surface area contributed by atoms with Crippen molar-refractivity contribution in [1.29, 1.82) is 0 Å². The zero-order valence-electron chi connectivity index (χ0n) is 50.7. The lowest BCUT2D eigenvalue weighted by atomic mass is 9.97. The number of rotatable bonds is 50. The number of amides is 1. The summed E-state index contributed by atoms with van der Waals surface area (Å²) in [6, 6.07) is -0.940. The number of hydrogen-bond donors (Lipinski definition) is 9. The van der Waals surface area contributed by atoms with E-state index >= 15 is 0 Å². The van der Waals surface area contributed by atoms with E-state index in [0.29, 0.717) is 12.8 Å². The van der Waals surface area contributed by atoms with Crippen molar-refractivity contribution in [3.8, 4) is 0 Å². The van der Waals surface area contributed by atoms with Crippen LogP contribution in [0.3, 0.4) is 0 Å². The topological polar surface area (TPSA) is 228 Å². The van der Waals surface area contributed by atoms with Gasteiger partial charge < -0.3 is 65.1 Å². The maximum Gasteiger partial charge on any atom is 0.220 e. The van der Waals surface area contributed by atoms with Crippen molar-refractivity contribution < 1.29 is 64.6 Å². The van der Waals surface area contributed by atoms with Gasteiger partial charge in [0.15, 0.2) is 12.6 Å². The van der Waals surface area contributed by atoms with Crippen LogP contribution in [0.2, 0.25) is 0 Å². The molecule has 0 spiro atoms. The van der Waals surface area contributed by atoms with Gasteiger partial charge in [0.2, 0.25) is 5.91 Å².